The van der Waals surface area contributed by atoms with Crippen LogP contribution in [0.5, 0.6) is 0 Å². The highest BCUT2D eigenvalue weighted by Gasteiger charge is 2.03. The molecule has 0 atom stereocenters. The van der Waals surface area contributed by atoms with Gasteiger partial charge in [0, 0.05) is 18.9 Å². The van der Waals surface area contributed by atoms with Gasteiger partial charge in [-0.15, -0.1) is 0 Å². The Morgan fingerprint density at radius 1 is 1.41 bits per heavy atom. The molecular weight excluding hydrogens is 236 g/mol. The summed E-state index contributed by atoms with van der Waals surface area (Å²) in [5.41, 5.74) is 2.99. The van der Waals surface area contributed by atoms with E-state index >= 15 is 0 Å². The molecule has 0 unspecified atom stereocenters. The van der Waals surface area contributed by atoms with Gasteiger partial charge in [0.2, 0.25) is 0 Å². The monoisotopic (exact) mass is 250 g/mol. The lowest BCUT2D eigenvalue weighted by Gasteiger charge is -2.03. The van der Waals surface area contributed by atoms with Crippen molar-refractivity contribution in [2.75, 3.05) is 7.05 Å². The fraction of sp³-hybridized carbons (Fsp3) is 0.333. The predicted molar refractivity (Wildman–Crippen MR) is 68.1 cm³/mol. The number of nitrogens with zero attached hydrogens (tertiary/aromatic N) is 3. The molecule has 0 aromatic carbocycles. The molecule has 4 nitrogen and oxygen atoms in total. The second-order valence-electron chi connectivity index (χ2n) is 3.95. The summed E-state index contributed by atoms with van der Waals surface area (Å²) < 4.78 is 1.80. The van der Waals surface area contributed by atoms with Crippen LogP contribution in [0.1, 0.15) is 17.0 Å². The lowest BCUT2D eigenvalue weighted by Crippen LogP contribution is -2.07. The van der Waals surface area contributed by atoms with Gasteiger partial charge >= 0.3 is 0 Å². The molecule has 90 valence electrons. The summed E-state index contributed by atoms with van der Waals surface area (Å²) in [7, 11) is 1.92. The van der Waals surface area contributed by atoms with Gasteiger partial charge in [0.1, 0.15) is 0 Å². The molecule has 0 radical (unpaired) electrons. The van der Waals surface area contributed by atoms with E-state index in [0.717, 1.165) is 17.9 Å². The van der Waals surface area contributed by atoms with Crippen molar-refractivity contribution in [1.29, 1.82) is 0 Å². The van der Waals surface area contributed by atoms with Crippen molar-refractivity contribution in [3.8, 4) is 0 Å². The van der Waals surface area contributed by atoms with Crippen molar-refractivity contribution in [2.45, 2.75) is 20.0 Å². The second kappa shape index (κ2) is 5.29. The number of pyridine rings is 1. The third-order valence-corrected chi connectivity index (χ3v) is 2.85. The van der Waals surface area contributed by atoms with Gasteiger partial charge in [-0.05, 0) is 25.6 Å². The van der Waals surface area contributed by atoms with E-state index in [1.165, 1.54) is 5.56 Å². The first-order valence-electron chi connectivity index (χ1n) is 5.47. The highest BCUT2D eigenvalue weighted by Crippen LogP contribution is 2.13. The molecular formula is C12H15ClN4. The van der Waals surface area contributed by atoms with E-state index in [-0.39, 0.29) is 0 Å². The number of aryl methyl sites for hydroxylation is 1. The Balaban J connectivity index is 2.08. The van der Waals surface area contributed by atoms with Gasteiger partial charge in [0.15, 0.2) is 0 Å². The molecule has 1 N–H and O–H groups in total. The van der Waals surface area contributed by atoms with E-state index < -0.39 is 0 Å². The van der Waals surface area contributed by atoms with E-state index in [0.29, 0.717) is 11.6 Å². The maximum absolute atomic E-state index is 5.95. The zero-order chi connectivity index (χ0) is 12.3. The molecule has 2 rings (SSSR count). The average molecular weight is 251 g/mol. The summed E-state index contributed by atoms with van der Waals surface area (Å²) in [5, 5.41) is 8.08. The number of halogens is 1. The first-order chi connectivity index (χ1) is 8.19. The van der Waals surface area contributed by atoms with Crippen LogP contribution in [-0.4, -0.2) is 21.8 Å². The van der Waals surface area contributed by atoms with Crippen molar-refractivity contribution in [3.63, 3.8) is 0 Å². The van der Waals surface area contributed by atoms with Crippen LogP contribution in [0.3, 0.4) is 0 Å². The number of aromatic nitrogens is 3. The second-order valence-corrected chi connectivity index (χ2v) is 4.36. The summed E-state index contributed by atoms with van der Waals surface area (Å²) in [5.74, 6) is 0. The van der Waals surface area contributed by atoms with Crippen molar-refractivity contribution in [3.05, 3.63) is 46.5 Å². The minimum Gasteiger partial charge on any atom is -0.316 e. The number of rotatable bonds is 4. The number of nitrogens with one attached hydrogen (secondary N) is 1. The SMILES string of the molecule is CNCc1ccc(Cn2cc(Cl)c(C)n2)nc1. The molecule has 0 amide bonds. The Kier molecular flexibility index (Phi) is 3.76. The smallest absolute Gasteiger partial charge is 0.0831 e. The quantitative estimate of drug-likeness (QED) is 0.903. The van der Waals surface area contributed by atoms with Crippen LogP contribution in [-0.2, 0) is 13.1 Å². The summed E-state index contributed by atoms with van der Waals surface area (Å²) in [6, 6.07) is 4.08. The van der Waals surface area contributed by atoms with Crippen molar-refractivity contribution >= 4 is 11.6 Å². The molecule has 2 heterocycles. The molecule has 0 saturated heterocycles. The van der Waals surface area contributed by atoms with Crippen LogP contribution in [0.25, 0.3) is 0 Å². The summed E-state index contributed by atoms with van der Waals surface area (Å²) in [4.78, 5) is 4.39. The zero-order valence-electron chi connectivity index (χ0n) is 9.94. The van der Waals surface area contributed by atoms with Gasteiger partial charge in [-0.1, -0.05) is 17.7 Å². The number of hydrogen-bond acceptors (Lipinski definition) is 3. The van der Waals surface area contributed by atoms with Gasteiger partial charge in [-0.3, -0.25) is 9.67 Å². The maximum Gasteiger partial charge on any atom is 0.0831 e. The van der Waals surface area contributed by atoms with Crippen molar-refractivity contribution < 1.29 is 0 Å². The van der Waals surface area contributed by atoms with Gasteiger partial charge in [-0.2, -0.15) is 5.10 Å². The lowest BCUT2D eigenvalue weighted by atomic mass is 10.2. The van der Waals surface area contributed by atoms with Gasteiger partial charge in [0.25, 0.3) is 0 Å². The number of hydrogen-bond donors (Lipinski definition) is 1. The van der Waals surface area contributed by atoms with E-state index in [1.807, 2.05) is 32.4 Å². The zero-order valence-corrected chi connectivity index (χ0v) is 10.7. The van der Waals surface area contributed by atoms with Crippen LogP contribution in [0, 0.1) is 6.92 Å². The van der Waals surface area contributed by atoms with Crippen LogP contribution in [0.2, 0.25) is 5.02 Å². The molecule has 17 heavy (non-hydrogen) atoms. The normalized spacial score (nSPS) is 10.8. The molecule has 0 aliphatic rings. The topological polar surface area (TPSA) is 42.7 Å². The maximum atomic E-state index is 5.95. The minimum absolute atomic E-state index is 0.646. The molecule has 0 aliphatic heterocycles. The average Bonchev–Trinajstić information content (AvgIpc) is 2.61. The van der Waals surface area contributed by atoms with E-state index in [1.54, 1.807) is 4.68 Å². The third-order valence-electron chi connectivity index (χ3n) is 2.48. The van der Waals surface area contributed by atoms with Crippen LogP contribution in [0.4, 0.5) is 0 Å². The van der Waals surface area contributed by atoms with Gasteiger partial charge < -0.3 is 5.32 Å². The van der Waals surface area contributed by atoms with Crippen molar-refractivity contribution in [2.24, 2.45) is 0 Å². The van der Waals surface area contributed by atoms with Crippen LogP contribution < -0.4 is 5.32 Å². The Hall–Kier alpha value is -1.39. The first kappa shape index (κ1) is 12.1. The van der Waals surface area contributed by atoms with Gasteiger partial charge in [-0.25, -0.2) is 0 Å². The van der Waals surface area contributed by atoms with Crippen molar-refractivity contribution in [1.82, 2.24) is 20.1 Å². The molecule has 0 spiro atoms. The van der Waals surface area contributed by atoms with E-state index in [4.69, 9.17) is 11.6 Å². The predicted octanol–water partition coefficient (Wildman–Crippen LogP) is 2.01. The Labute approximate surface area is 106 Å². The van der Waals surface area contributed by atoms with Gasteiger partial charge in [0.05, 0.1) is 23.0 Å². The lowest BCUT2D eigenvalue weighted by molar-refractivity contribution is 0.664. The molecule has 0 bridgehead atoms. The van der Waals surface area contributed by atoms with Crippen LogP contribution in [0.15, 0.2) is 24.5 Å². The molecule has 2 aromatic heterocycles. The Bertz CT molecular complexity index is 470. The summed E-state index contributed by atoms with van der Waals surface area (Å²) in [6.45, 7) is 3.37. The Morgan fingerprint density at radius 2 is 2.24 bits per heavy atom. The van der Waals surface area contributed by atoms with E-state index in [9.17, 15) is 0 Å². The molecule has 2 aromatic rings. The molecule has 5 heteroatoms. The molecule has 0 saturated carbocycles. The fourth-order valence-corrected chi connectivity index (χ4v) is 1.75. The largest absolute Gasteiger partial charge is 0.316 e. The van der Waals surface area contributed by atoms with Crippen LogP contribution >= 0.6 is 11.6 Å². The highest BCUT2D eigenvalue weighted by molar-refractivity contribution is 6.31. The highest BCUT2D eigenvalue weighted by atomic mass is 35.5. The summed E-state index contributed by atoms with van der Waals surface area (Å²) in [6.07, 6.45) is 3.70. The Morgan fingerprint density at radius 3 is 2.76 bits per heavy atom. The fourth-order valence-electron chi connectivity index (χ4n) is 1.60. The standard InChI is InChI=1S/C12H15ClN4/c1-9-12(13)8-17(16-9)7-11-4-3-10(5-14-2)6-15-11/h3-4,6,8,14H,5,7H2,1-2H3. The molecule has 0 aliphatic carbocycles. The third kappa shape index (κ3) is 3.05. The summed E-state index contributed by atoms with van der Waals surface area (Å²) >= 11 is 5.95. The first-order valence-corrected chi connectivity index (χ1v) is 5.85. The molecule has 0 fully saturated rings. The minimum atomic E-state index is 0.646. The van der Waals surface area contributed by atoms with E-state index in [2.05, 4.69) is 21.5 Å².